The van der Waals surface area contributed by atoms with E-state index < -0.39 is 17.7 Å². The molecule has 2 rings (SSSR count). The van der Waals surface area contributed by atoms with E-state index in [1.165, 1.54) is 12.3 Å². The van der Waals surface area contributed by atoms with E-state index in [1.54, 1.807) is 6.92 Å². The monoisotopic (exact) mass is 258 g/mol. The normalized spacial score (nSPS) is 11.8. The zero-order chi connectivity index (χ0) is 13.3. The van der Waals surface area contributed by atoms with Crippen LogP contribution in [-0.2, 0) is 10.9 Å². The summed E-state index contributed by atoms with van der Waals surface area (Å²) in [5, 5.41) is 0. The Kier molecular flexibility index (Phi) is 2.98. The second-order valence-corrected chi connectivity index (χ2v) is 3.53. The first-order valence-corrected chi connectivity index (χ1v) is 5.15. The quantitative estimate of drug-likeness (QED) is 0.777. The Morgan fingerprint density at radius 3 is 2.72 bits per heavy atom. The summed E-state index contributed by atoms with van der Waals surface area (Å²) in [5.41, 5.74) is -0.565. The van der Waals surface area contributed by atoms with Crippen LogP contribution >= 0.6 is 0 Å². The molecule has 18 heavy (non-hydrogen) atoms. The molecule has 0 fully saturated rings. The van der Waals surface area contributed by atoms with E-state index in [0.29, 0.717) is 0 Å². The number of hydrogen-bond acceptors (Lipinski definition) is 3. The molecular weight excluding hydrogens is 249 g/mol. The van der Waals surface area contributed by atoms with E-state index in [2.05, 4.69) is 4.98 Å². The van der Waals surface area contributed by atoms with Gasteiger partial charge in [-0.05, 0) is 19.1 Å². The van der Waals surface area contributed by atoms with Gasteiger partial charge in [0.15, 0.2) is 5.69 Å². The first-order chi connectivity index (χ1) is 8.41. The Morgan fingerprint density at radius 1 is 1.39 bits per heavy atom. The number of ether oxygens (including phenoxy) is 1. The van der Waals surface area contributed by atoms with Crippen molar-refractivity contribution in [2.45, 2.75) is 13.1 Å². The predicted octanol–water partition coefficient (Wildman–Crippen LogP) is 2.53. The number of pyridine rings is 1. The molecule has 0 saturated carbocycles. The van der Waals surface area contributed by atoms with Crippen molar-refractivity contribution in [3.63, 3.8) is 0 Å². The van der Waals surface area contributed by atoms with Crippen LogP contribution in [0.25, 0.3) is 5.65 Å². The van der Waals surface area contributed by atoms with E-state index in [0.717, 1.165) is 16.7 Å². The van der Waals surface area contributed by atoms with Crippen molar-refractivity contribution >= 4 is 11.6 Å². The van der Waals surface area contributed by atoms with Gasteiger partial charge in [-0.2, -0.15) is 13.2 Å². The molecule has 0 aliphatic rings. The van der Waals surface area contributed by atoms with Crippen molar-refractivity contribution in [3.05, 3.63) is 35.8 Å². The molecule has 0 bridgehead atoms. The number of rotatable bonds is 2. The Labute approximate surface area is 100 Å². The number of hydrogen-bond donors (Lipinski definition) is 0. The Hall–Kier alpha value is -2.05. The zero-order valence-corrected chi connectivity index (χ0v) is 9.36. The van der Waals surface area contributed by atoms with E-state index in [1.807, 2.05) is 0 Å². The molecule has 0 saturated heterocycles. The zero-order valence-electron chi connectivity index (χ0n) is 9.36. The number of esters is 1. The number of carbonyl (C=O) groups excluding carboxylic acids is 1. The van der Waals surface area contributed by atoms with Gasteiger partial charge in [-0.3, -0.25) is 0 Å². The highest BCUT2D eigenvalue weighted by molar-refractivity contribution is 5.87. The van der Waals surface area contributed by atoms with Gasteiger partial charge in [0.25, 0.3) is 0 Å². The smallest absolute Gasteiger partial charge is 0.417 e. The summed E-state index contributed by atoms with van der Waals surface area (Å²) >= 11 is 0. The highest BCUT2D eigenvalue weighted by Crippen LogP contribution is 2.29. The number of carbonyl (C=O) groups is 1. The molecule has 0 spiro atoms. The molecule has 7 heteroatoms. The number of imidazole rings is 1. The molecule has 0 atom stereocenters. The predicted molar refractivity (Wildman–Crippen MR) is 56.2 cm³/mol. The number of fused-ring (bicyclic) bond motifs is 1. The molecule has 4 nitrogen and oxygen atoms in total. The van der Waals surface area contributed by atoms with Crippen LogP contribution in [0.3, 0.4) is 0 Å². The van der Waals surface area contributed by atoms with Crippen molar-refractivity contribution in [3.8, 4) is 0 Å². The van der Waals surface area contributed by atoms with Crippen LogP contribution in [0.2, 0.25) is 0 Å². The molecule has 96 valence electrons. The third-order valence-electron chi connectivity index (χ3n) is 2.26. The summed E-state index contributed by atoms with van der Waals surface area (Å²) < 4.78 is 43.3. The van der Waals surface area contributed by atoms with Crippen LogP contribution in [0, 0.1) is 0 Å². The molecule has 2 aromatic heterocycles. The van der Waals surface area contributed by atoms with Crippen LogP contribution in [-0.4, -0.2) is 22.0 Å². The van der Waals surface area contributed by atoms with E-state index >= 15 is 0 Å². The molecule has 0 radical (unpaired) electrons. The largest absolute Gasteiger partial charge is 0.461 e. The molecule has 0 aliphatic heterocycles. The van der Waals surface area contributed by atoms with E-state index in [-0.39, 0.29) is 17.9 Å². The molecule has 0 unspecified atom stereocenters. The van der Waals surface area contributed by atoms with Crippen molar-refractivity contribution < 1.29 is 22.7 Å². The summed E-state index contributed by atoms with van der Waals surface area (Å²) in [4.78, 5) is 15.3. The molecular formula is C11H9F3N2O2. The van der Waals surface area contributed by atoms with Gasteiger partial charge in [0.05, 0.1) is 12.2 Å². The van der Waals surface area contributed by atoms with Gasteiger partial charge in [0, 0.05) is 12.4 Å². The Balaban J connectivity index is 2.43. The second kappa shape index (κ2) is 4.32. The first-order valence-electron chi connectivity index (χ1n) is 5.15. The molecule has 0 amide bonds. The number of halogens is 3. The van der Waals surface area contributed by atoms with Crippen molar-refractivity contribution in [1.82, 2.24) is 9.38 Å². The van der Waals surface area contributed by atoms with Gasteiger partial charge < -0.3 is 9.14 Å². The third-order valence-corrected chi connectivity index (χ3v) is 2.26. The maximum Gasteiger partial charge on any atom is 0.417 e. The van der Waals surface area contributed by atoms with Gasteiger partial charge in [-0.25, -0.2) is 9.78 Å². The van der Waals surface area contributed by atoms with Gasteiger partial charge in [0.2, 0.25) is 0 Å². The van der Waals surface area contributed by atoms with Crippen molar-refractivity contribution in [2.24, 2.45) is 0 Å². The molecule has 2 heterocycles. The summed E-state index contributed by atoms with van der Waals surface area (Å²) in [6.07, 6.45) is -2.34. The summed E-state index contributed by atoms with van der Waals surface area (Å²) in [6, 6.07) is 2.11. The number of alkyl halides is 3. The summed E-state index contributed by atoms with van der Waals surface area (Å²) in [7, 11) is 0. The second-order valence-electron chi connectivity index (χ2n) is 3.53. The first kappa shape index (κ1) is 12.4. The topological polar surface area (TPSA) is 43.6 Å². The van der Waals surface area contributed by atoms with Crippen LogP contribution in [0.4, 0.5) is 13.2 Å². The SMILES string of the molecule is CCOC(=O)c1cn2cc(C(F)(F)F)ccc2n1. The van der Waals surface area contributed by atoms with Gasteiger partial charge in [-0.1, -0.05) is 0 Å². The lowest BCUT2D eigenvalue weighted by atomic mass is 10.3. The van der Waals surface area contributed by atoms with Crippen LogP contribution in [0.5, 0.6) is 0 Å². The summed E-state index contributed by atoms with van der Waals surface area (Å²) in [6.45, 7) is 1.82. The number of nitrogens with zero attached hydrogens (tertiary/aromatic N) is 2. The van der Waals surface area contributed by atoms with Gasteiger partial charge in [0.1, 0.15) is 5.65 Å². The highest BCUT2D eigenvalue weighted by atomic mass is 19.4. The lowest BCUT2D eigenvalue weighted by Crippen LogP contribution is -2.05. The van der Waals surface area contributed by atoms with Gasteiger partial charge in [-0.15, -0.1) is 0 Å². The van der Waals surface area contributed by atoms with Crippen LogP contribution < -0.4 is 0 Å². The standard InChI is InChI=1S/C11H9F3N2O2/c1-2-18-10(17)8-6-16-5-7(11(12,13)14)3-4-9(16)15-8/h3-6H,2H2,1H3. The molecule has 0 aromatic carbocycles. The maximum atomic E-state index is 12.5. The minimum Gasteiger partial charge on any atom is -0.461 e. The van der Waals surface area contributed by atoms with E-state index in [4.69, 9.17) is 4.74 Å². The lowest BCUT2D eigenvalue weighted by molar-refractivity contribution is -0.137. The Morgan fingerprint density at radius 2 is 2.11 bits per heavy atom. The van der Waals surface area contributed by atoms with Gasteiger partial charge >= 0.3 is 12.1 Å². The number of aromatic nitrogens is 2. The average Bonchev–Trinajstić information content (AvgIpc) is 2.70. The minimum atomic E-state index is -4.43. The molecule has 2 aromatic rings. The van der Waals surface area contributed by atoms with Crippen molar-refractivity contribution in [1.29, 1.82) is 0 Å². The maximum absolute atomic E-state index is 12.5. The lowest BCUT2D eigenvalue weighted by Gasteiger charge is -2.05. The Bertz CT molecular complexity index is 589. The fourth-order valence-corrected chi connectivity index (χ4v) is 1.46. The van der Waals surface area contributed by atoms with Crippen LogP contribution in [0.15, 0.2) is 24.5 Å². The third kappa shape index (κ3) is 2.29. The highest BCUT2D eigenvalue weighted by Gasteiger charge is 2.31. The fraction of sp³-hybridized carbons (Fsp3) is 0.273. The molecule has 0 N–H and O–H groups in total. The summed E-state index contributed by atoms with van der Waals surface area (Å²) in [5.74, 6) is -0.658. The fourth-order valence-electron chi connectivity index (χ4n) is 1.46. The van der Waals surface area contributed by atoms with Crippen molar-refractivity contribution in [2.75, 3.05) is 6.61 Å². The minimum absolute atomic E-state index is 0.0174. The van der Waals surface area contributed by atoms with E-state index in [9.17, 15) is 18.0 Å². The van der Waals surface area contributed by atoms with Crippen LogP contribution in [0.1, 0.15) is 23.0 Å². The average molecular weight is 258 g/mol. The molecule has 0 aliphatic carbocycles.